The van der Waals surface area contributed by atoms with Crippen molar-refractivity contribution in [3.63, 3.8) is 0 Å². The minimum atomic E-state index is 0. The van der Waals surface area contributed by atoms with Crippen molar-refractivity contribution in [1.29, 1.82) is 0 Å². The summed E-state index contributed by atoms with van der Waals surface area (Å²) in [5, 5.41) is 3.46. The second kappa shape index (κ2) is 7.82. The van der Waals surface area contributed by atoms with Gasteiger partial charge in [0.1, 0.15) is 11.4 Å². The maximum absolute atomic E-state index is 12.3. The van der Waals surface area contributed by atoms with Crippen molar-refractivity contribution >= 4 is 22.9 Å². The molecule has 140 valence electrons. The van der Waals surface area contributed by atoms with Crippen LogP contribution in [0.25, 0.3) is 16.9 Å². The molecule has 3 aromatic rings. The van der Waals surface area contributed by atoms with Gasteiger partial charge < -0.3 is 26.6 Å². The Kier molecular flexibility index (Phi) is 5.67. The number of benzene rings is 2. The molecule has 1 aromatic heterocycles. The largest absolute Gasteiger partial charge is 1.00 e. The lowest BCUT2D eigenvalue weighted by molar-refractivity contribution is -0.586. The maximum atomic E-state index is 12.3. The lowest BCUT2D eigenvalue weighted by Gasteiger charge is -2.20. The van der Waals surface area contributed by atoms with Gasteiger partial charge in [0.15, 0.2) is 0 Å². The number of anilines is 1. The molecule has 4 nitrogen and oxygen atoms in total. The van der Waals surface area contributed by atoms with Crippen LogP contribution < -0.4 is 31.2 Å². The van der Waals surface area contributed by atoms with E-state index in [2.05, 4.69) is 35.1 Å². The predicted molar refractivity (Wildman–Crippen MR) is 104 cm³/mol. The van der Waals surface area contributed by atoms with Crippen LogP contribution in [0.4, 0.5) is 5.69 Å². The first-order valence-electron chi connectivity index (χ1n) is 8.65. The molecule has 4 rings (SSSR count). The van der Waals surface area contributed by atoms with Crippen molar-refractivity contribution in [2.45, 2.75) is 19.8 Å². The number of nitrogens with zero attached hydrogens (tertiary/aromatic N) is 2. The molecule has 2 aromatic carbocycles. The lowest BCUT2D eigenvalue weighted by atomic mass is 10.1. The van der Waals surface area contributed by atoms with E-state index >= 15 is 0 Å². The van der Waals surface area contributed by atoms with Crippen molar-refractivity contribution < 1.29 is 31.1 Å². The number of carbonyl (C=O) groups is 1. The number of rotatable bonds is 2. The van der Waals surface area contributed by atoms with E-state index in [1.165, 1.54) is 5.01 Å². The highest BCUT2D eigenvalue weighted by Crippen LogP contribution is 2.34. The van der Waals surface area contributed by atoms with Crippen LogP contribution in [-0.4, -0.2) is 19.6 Å². The van der Waals surface area contributed by atoms with Gasteiger partial charge in [0.05, 0.1) is 18.4 Å². The summed E-state index contributed by atoms with van der Waals surface area (Å²) in [6.07, 6.45) is 0. The number of hydrogen-bond donors (Lipinski definition) is 0. The highest BCUT2D eigenvalue weighted by Gasteiger charge is 2.36. The molecular weight excluding hydrogens is 424 g/mol. The summed E-state index contributed by atoms with van der Waals surface area (Å²) in [4.78, 5) is 14.2. The summed E-state index contributed by atoms with van der Waals surface area (Å²) in [5.41, 5.74) is 4.28. The van der Waals surface area contributed by atoms with Gasteiger partial charge in [0.2, 0.25) is 22.3 Å². The Balaban J connectivity index is 0.00000210. The van der Waals surface area contributed by atoms with E-state index in [1.54, 1.807) is 25.4 Å². The molecule has 1 aliphatic heterocycles. The van der Waals surface area contributed by atoms with Gasteiger partial charge in [0.25, 0.3) is 0 Å². The number of carbonyl (C=O) groups excluding carboxylic acids is 1. The van der Waals surface area contributed by atoms with Crippen molar-refractivity contribution in [3.05, 3.63) is 58.9 Å². The number of fused-ring (bicyclic) bond motifs is 3. The monoisotopic (exact) mass is 444 g/mol. The van der Waals surface area contributed by atoms with Gasteiger partial charge in [-0.05, 0) is 37.3 Å². The maximum Gasteiger partial charge on any atom is 0.248 e. The van der Waals surface area contributed by atoms with E-state index in [0.29, 0.717) is 6.54 Å². The quantitative estimate of drug-likeness (QED) is 0.556. The van der Waals surface area contributed by atoms with Gasteiger partial charge in [-0.25, -0.2) is 0 Å². The van der Waals surface area contributed by atoms with E-state index in [-0.39, 0.29) is 28.8 Å². The number of methoxy groups -OCH3 is 1. The van der Waals surface area contributed by atoms with Crippen LogP contribution in [0.15, 0.2) is 53.9 Å². The van der Waals surface area contributed by atoms with E-state index in [0.717, 1.165) is 28.4 Å². The minimum Gasteiger partial charge on any atom is -1.00 e. The van der Waals surface area contributed by atoms with Crippen LogP contribution >= 0.6 is 11.3 Å². The Hall–Kier alpha value is -2.18. The second-order valence-electron chi connectivity index (χ2n) is 6.54. The molecule has 27 heavy (non-hydrogen) atoms. The van der Waals surface area contributed by atoms with Crippen LogP contribution in [0, 0.1) is 0 Å². The fourth-order valence-electron chi connectivity index (χ4n) is 3.51. The zero-order chi connectivity index (χ0) is 18.3. The number of amides is 1. The van der Waals surface area contributed by atoms with E-state index in [1.807, 2.05) is 35.2 Å². The molecule has 1 amide bonds. The first-order chi connectivity index (χ1) is 12.6. The SMILES string of the molecule is COc1ccc(-c2csc3[n+]2-c2ccccc2N(C(C)=O)CC3C)cc1.[Br-]. The summed E-state index contributed by atoms with van der Waals surface area (Å²) >= 11 is 1.75. The fourth-order valence-corrected chi connectivity index (χ4v) is 4.60. The third-order valence-corrected chi connectivity index (χ3v) is 5.98. The third-order valence-electron chi connectivity index (χ3n) is 4.81. The predicted octanol–water partition coefficient (Wildman–Crippen LogP) is 1.17. The van der Waals surface area contributed by atoms with Gasteiger partial charge in [0, 0.05) is 25.1 Å². The smallest absolute Gasteiger partial charge is 0.248 e. The molecule has 0 N–H and O–H groups in total. The van der Waals surface area contributed by atoms with Gasteiger partial charge in [-0.2, -0.15) is 0 Å². The van der Waals surface area contributed by atoms with Crippen molar-refractivity contribution in [2.24, 2.45) is 0 Å². The number of hydrogen-bond acceptors (Lipinski definition) is 3. The summed E-state index contributed by atoms with van der Waals surface area (Å²) in [5.74, 6) is 1.17. The first-order valence-corrected chi connectivity index (χ1v) is 9.53. The minimum absolute atomic E-state index is 0. The summed E-state index contributed by atoms with van der Waals surface area (Å²) < 4.78 is 7.59. The number of halogens is 1. The molecule has 0 aliphatic carbocycles. The van der Waals surface area contributed by atoms with E-state index in [4.69, 9.17) is 4.74 Å². The van der Waals surface area contributed by atoms with Crippen LogP contribution in [0.1, 0.15) is 24.8 Å². The average Bonchev–Trinajstić information content (AvgIpc) is 3.06. The Morgan fingerprint density at radius 1 is 1.19 bits per heavy atom. The molecule has 0 bridgehead atoms. The normalized spacial score (nSPS) is 15.2. The topological polar surface area (TPSA) is 33.4 Å². The van der Waals surface area contributed by atoms with Crippen molar-refractivity contribution in [2.75, 3.05) is 18.6 Å². The van der Waals surface area contributed by atoms with E-state index in [9.17, 15) is 4.79 Å². The lowest BCUT2D eigenvalue weighted by Crippen LogP contribution is -3.00. The first kappa shape index (κ1) is 19.6. The molecule has 6 heteroatoms. The Labute approximate surface area is 173 Å². The Morgan fingerprint density at radius 2 is 1.89 bits per heavy atom. The molecule has 1 atom stereocenters. The molecule has 1 aliphatic rings. The Bertz CT molecular complexity index is 969. The molecule has 2 heterocycles. The fraction of sp³-hybridized carbons (Fsp3) is 0.238. The number of thiazole rings is 1. The average molecular weight is 445 g/mol. The molecule has 0 fully saturated rings. The van der Waals surface area contributed by atoms with Crippen LogP contribution in [0.5, 0.6) is 5.75 Å². The van der Waals surface area contributed by atoms with Crippen LogP contribution in [-0.2, 0) is 4.79 Å². The van der Waals surface area contributed by atoms with Gasteiger partial charge in [-0.1, -0.05) is 23.5 Å². The standard InChI is InChI=1S/C21H21N2O2S.BrH/c1-14-12-22(15(2)24)18-6-4-5-7-19(18)23-20(13-26-21(14)23)16-8-10-17(25-3)11-9-16;/h4-11,13-14H,12H2,1-3H3;1H/q+1;/p-1. The van der Waals surface area contributed by atoms with Gasteiger partial charge in [-0.3, -0.25) is 4.79 Å². The molecule has 0 saturated carbocycles. The van der Waals surface area contributed by atoms with Crippen molar-refractivity contribution in [3.8, 4) is 22.7 Å². The number of para-hydroxylation sites is 2. The zero-order valence-electron chi connectivity index (χ0n) is 15.5. The second-order valence-corrected chi connectivity index (χ2v) is 7.43. The summed E-state index contributed by atoms with van der Waals surface area (Å²) in [6, 6.07) is 16.3. The molecule has 0 saturated heterocycles. The number of ether oxygens (including phenoxy) is 1. The number of aromatic nitrogens is 1. The van der Waals surface area contributed by atoms with Gasteiger partial charge in [-0.15, -0.1) is 4.57 Å². The third kappa shape index (κ3) is 3.39. The summed E-state index contributed by atoms with van der Waals surface area (Å²) in [7, 11) is 1.68. The summed E-state index contributed by atoms with van der Waals surface area (Å²) in [6.45, 7) is 4.51. The molecule has 0 radical (unpaired) electrons. The molecular formula is C21H21BrN2O2S. The van der Waals surface area contributed by atoms with Crippen molar-refractivity contribution in [1.82, 2.24) is 0 Å². The zero-order valence-corrected chi connectivity index (χ0v) is 17.9. The highest BCUT2D eigenvalue weighted by molar-refractivity contribution is 7.09. The van der Waals surface area contributed by atoms with E-state index < -0.39 is 0 Å². The van der Waals surface area contributed by atoms with Gasteiger partial charge >= 0.3 is 0 Å². The van der Waals surface area contributed by atoms with Crippen LogP contribution in [0.3, 0.4) is 0 Å². The molecule has 0 spiro atoms. The molecule has 1 unspecified atom stereocenters. The van der Waals surface area contributed by atoms with Crippen LogP contribution in [0.2, 0.25) is 0 Å². The Morgan fingerprint density at radius 3 is 2.56 bits per heavy atom. The highest BCUT2D eigenvalue weighted by atomic mass is 79.9.